The van der Waals surface area contributed by atoms with Crippen molar-refractivity contribution in [2.75, 3.05) is 0 Å². The highest BCUT2D eigenvalue weighted by Crippen LogP contribution is 2.32. The third-order valence-electron chi connectivity index (χ3n) is 2.91. The van der Waals surface area contributed by atoms with Gasteiger partial charge in [-0.3, -0.25) is 0 Å². The van der Waals surface area contributed by atoms with Crippen LogP contribution in [0.2, 0.25) is 0 Å². The second-order valence-electron chi connectivity index (χ2n) is 5.38. The number of benzene rings is 1. The van der Waals surface area contributed by atoms with E-state index in [2.05, 4.69) is 61.0 Å². The van der Waals surface area contributed by atoms with Crippen molar-refractivity contribution in [3.8, 4) is 0 Å². The number of furan rings is 1. The van der Waals surface area contributed by atoms with Gasteiger partial charge >= 0.3 is 0 Å². The summed E-state index contributed by atoms with van der Waals surface area (Å²) in [7, 11) is 0. The lowest BCUT2D eigenvalue weighted by atomic mass is 9.86. The maximum atomic E-state index is 6.40. The van der Waals surface area contributed by atoms with Crippen LogP contribution in [0.3, 0.4) is 0 Å². The molecule has 2 aromatic rings. The minimum absolute atomic E-state index is 0.161. The van der Waals surface area contributed by atoms with E-state index in [-0.39, 0.29) is 10.8 Å². The minimum Gasteiger partial charge on any atom is -0.452 e. The van der Waals surface area contributed by atoms with Gasteiger partial charge in [0.05, 0.1) is 0 Å². The lowest BCUT2D eigenvalue weighted by Crippen LogP contribution is -2.10. The molecule has 1 unspecified atom stereocenters. The van der Waals surface area contributed by atoms with Crippen LogP contribution in [0.4, 0.5) is 0 Å². The standard InChI is InChI=1S/C15H16BrClO/c1-15(2,3)11-6-4-10(5-7-11)14(17)12-8-9-13(16)18-12/h4-9,14H,1-3H3. The Morgan fingerprint density at radius 3 is 2.11 bits per heavy atom. The molecule has 0 saturated carbocycles. The molecule has 0 aliphatic heterocycles. The second kappa shape index (κ2) is 5.10. The third-order valence-corrected chi connectivity index (χ3v) is 3.81. The fourth-order valence-corrected chi connectivity index (χ4v) is 2.36. The molecule has 1 nitrogen and oxygen atoms in total. The Labute approximate surface area is 121 Å². The Morgan fingerprint density at radius 1 is 1.06 bits per heavy atom. The van der Waals surface area contributed by atoms with Gasteiger partial charge in [-0.2, -0.15) is 0 Å². The molecule has 0 aliphatic carbocycles. The van der Waals surface area contributed by atoms with Crippen molar-refractivity contribution in [3.05, 3.63) is 58.0 Å². The zero-order valence-electron chi connectivity index (χ0n) is 10.7. The Morgan fingerprint density at radius 2 is 1.67 bits per heavy atom. The Bertz CT molecular complexity index is 522. The quantitative estimate of drug-likeness (QED) is 0.648. The van der Waals surface area contributed by atoms with Gasteiger partial charge in [0.25, 0.3) is 0 Å². The van der Waals surface area contributed by atoms with E-state index in [4.69, 9.17) is 16.0 Å². The maximum absolute atomic E-state index is 6.40. The summed E-state index contributed by atoms with van der Waals surface area (Å²) < 4.78 is 6.19. The van der Waals surface area contributed by atoms with Crippen molar-refractivity contribution in [2.24, 2.45) is 0 Å². The average molecular weight is 328 g/mol. The van der Waals surface area contributed by atoms with Crippen molar-refractivity contribution in [3.63, 3.8) is 0 Å². The summed E-state index contributed by atoms with van der Waals surface area (Å²) in [6.45, 7) is 6.59. The number of rotatable bonds is 2. The molecular formula is C15H16BrClO. The van der Waals surface area contributed by atoms with Crippen molar-refractivity contribution < 1.29 is 4.42 Å². The zero-order chi connectivity index (χ0) is 13.3. The predicted molar refractivity (Wildman–Crippen MR) is 79.2 cm³/mol. The number of hydrogen-bond donors (Lipinski definition) is 0. The second-order valence-corrected chi connectivity index (χ2v) is 6.59. The predicted octanol–water partition coefficient (Wildman–Crippen LogP) is 5.67. The lowest BCUT2D eigenvalue weighted by molar-refractivity contribution is 0.494. The van der Waals surface area contributed by atoms with E-state index in [1.54, 1.807) is 0 Å². The van der Waals surface area contributed by atoms with Crippen LogP contribution in [-0.4, -0.2) is 0 Å². The minimum atomic E-state index is -0.245. The summed E-state index contributed by atoms with van der Waals surface area (Å²) >= 11 is 9.68. The Kier molecular flexibility index (Phi) is 3.88. The Balaban J connectivity index is 2.24. The zero-order valence-corrected chi connectivity index (χ0v) is 13.0. The maximum Gasteiger partial charge on any atom is 0.169 e. The molecule has 18 heavy (non-hydrogen) atoms. The summed E-state index contributed by atoms with van der Waals surface area (Å²) in [6, 6.07) is 12.1. The molecular weight excluding hydrogens is 312 g/mol. The van der Waals surface area contributed by atoms with Crippen molar-refractivity contribution >= 4 is 27.5 Å². The van der Waals surface area contributed by atoms with E-state index >= 15 is 0 Å². The van der Waals surface area contributed by atoms with Crippen LogP contribution in [0, 0.1) is 0 Å². The summed E-state index contributed by atoms with van der Waals surface area (Å²) in [4.78, 5) is 0. The van der Waals surface area contributed by atoms with E-state index in [1.165, 1.54) is 5.56 Å². The summed E-state index contributed by atoms with van der Waals surface area (Å²) in [5.41, 5.74) is 2.51. The highest BCUT2D eigenvalue weighted by atomic mass is 79.9. The van der Waals surface area contributed by atoms with Gasteiger partial charge in [0.2, 0.25) is 0 Å². The van der Waals surface area contributed by atoms with Crippen LogP contribution in [0.1, 0.15) is 43.0 Å². The van der Waals surface area contributed by atoms with Gasteiger partial charge in [-0.05, 0) is 44.6 Å². The van der Waals surface area contributed by atoms with Gasteiger partial charge < -0.3 is 4.42 Å². The first-order chi connectivity index (χ1) is 8.38. The molecule has 0 aliphatic rings. The van der Waals surface area contributed by atoms with Gasteiger partial charge in [-0.15, -0.1) is 11.6 Å². The number of alkyl halides is 1. The van der Waals surface area contributed by atoms with Crippen LogP contribution in [0.15, 0.2) is 45.5 Å². The fraction of sp³-hybridized carbons (Fsp3) is 0.333. The monoisotopic (exact) mass is 326 g/mol. The van der Waals surface area contributed by atoms with Crippen molar-refractivity contribution in [1.82, 2.24) is 0 Å². The molecule has 0 amide bonds. The molecule has 1 aromatic heterocycles. The van der Waals surface area contributed by atoms with Crippen molar-refractivity contribution in [1.29, 1.82) is 0 Å². The first-order valence-electron chi connectivity index (χ1n) is 5.87. The van der Waals surface area contributed by atoms with Gasteiger partial charge in [-0.1, -0.05) is 45.0 Å². The number of halogens is 2. The van der Waals surface area contributed by atoms with E-state index in [1.807, 2.05) is 12.1 Å². The third kappa shape index (κ3) is 2.99. The SMILES string of the molecule is CC(C)(C)c1ccc(C(Cl)c2ccc(Br)o2)cc1. The molecule has 0 saturated heterocycles. The normalized spacial score (nSPS) is 13.6. The number of hydrogen-bond acceptors (Lipinski definition) is 1. The van der Waals surface area contributed by atoms with Crippen LogP contribution in [-0.2, 0) is 5.41 Å². The van der Waals surface area contributed by atoms with Crippen molar-refractivity contribution in [2.45, 2.75) is 31.6 Å². The molecule has 3 heteroatoms. The first-order valence-corrected chi connectivity index (χ1v) is 7.10. The summed E-state index contributed by atoms with van der Waals surface area (Å²) in [5, 5.41) is -0.245. The van der Waals surface area contributed by atoms with E-state index in [0.717, 1.165) is 11.3 Å². The van der Waals surface area contributed by atoms with Gasteiger partial charge in [-0.25, -0.2) is 0 Å². The van der Waals surface area contributed by atoms with Gasteiger partial charge in [0.15, 0.2) is 4.67 Å². The molecule has 0 N–H and O–H groups in total. The first kappa shape index (κ1) is 13.7. The fourth-order valence-electron chi connectivity index (χ4n) is 1.78. The molecule has 0 spiro atoms. The van der Waals surface area contributed by atoms with Crippen LogP contribution in [0.25, 0.3) is 0 Å². The molecule has 1 heterocycles. The van der Waals surface area contributed by atoms with E-state index in [0.29, 0.717) is 4.67 Å². The average Bonchev–Trinajstić information content (AvgIpc) is 2.74. The van der Waals surface area contributed by atoms with E-state index < -0.39 is 0 Å². The molecule has 1 aromatic carbocycles. The largest absolute Gasteiger partial charge is 0.452 e. The van der Waals surface area contributed by atoms with E-state index in [9.17, 15) is 0 Å². The highest BCUT2D eigenvalue weighted by Gasteiger charge is 2.17. The Hall–Kier alpha value is -0.730. The molecule has 96 valence electrons. The highest BCUT2D eigenvalue weighted by molar-refractivity contribution is 9.10. The smallest absolute Gasteiger partial charge is 0.169 e. The lowest BCUT2D eigenvalue weighted by Gasteiger charge is -2.19. The molecule has 1 atom stereocenters. The summed E-state index contributed by atoms with van der Waals surface area (Å²) in [6.07, 6.45) is 0. The topological polar surface area (TPSA) is 13.1 Å². The molecule has 2 rings (SSSR count). The molecule has 0 bridgehead atoms. The van der Waals surface area contributed by atoms with Gasteiger partial charge in [0, 0.05) is 0 Å². The van der Waals surface area contributed by atoms with Crippen LogP contribution in [0.5, 0.6) is 0 Å². The summed E-state index contributed by atoms with van der Waals surface area (Å²) in [5.74, 6) is 0.757. The van der Waals surface area contributed by atoms with Gasteiger partial charge in [0.1, 0.15) is 11.1 Å². The molecule has 0 radical (unpaired) electrons. The molecule has 0 fully saturated rings. The van der Waals surface area contributed by atoms with Crippen LogP contribution < -0.4 is 0 Å². The van der Waals surface area contributed by atoms with Crippen LogP contribution >= 0.6 is 27.5 Å².